The molecule has 2 saturated carbocycles. The van der Waals surface area contributed by atoms with E-state index in [-0.39, 0.29) is 0 Å². The van der Waals surface area contributed by atoms with Gasteiger partial charge in [-0.25, -0.2) is 9.97 Å². The van der Waals surface area contributed by atoms with Crippen molar-refractivity contribution in [3.8, 4) is 5.88 Å². The van der Waals surface area contributed by atoms with Crippen LogP contribution >= 0.6 is 0 Å². The highest BCUT2D eigenvalue weighted by atomic mass is 16.5. The van der Waals surface area contributed by atoms with Crippen molar-refractivity contribution in [2.45, 2.75) is 39.5 Å². The first-order chi connectivity index (χ1) is 8.75. The van der Waals surface area contributed by atoms with Crippen molar-refractivity contribution in [1.29, 1.82) is 0 Å². The van der Waals surface area contributed by atoms with Gasteiger partial charge in [-0.2, -0.15) is 0 Å². The number of rotatable bonds is 6. The highest BCUT2D eigenvalue weighted by molar-refractivity contribution is 5.48. The molecule has 98 valence electrons. The van der Waals surface area contributed by atoms with Crippen LogP contribution < -0.4 is 10.1 Å². The molecule has 1 aromatic heterocycles. The summed E-state index contributed by atoms with van der Waals surface area (Å²) in [5, 5.41) is 3.50. The summed E-state index contributed by atoms with van der Waals surface area (Å²) in [7, 11) is 0. The van der Waals surface area contributed by atoms with E-state index in [0.717, 1.165) is 23.8 Å². The summed E-state index contributed by atoms with van der Waals surface area (Å²) in [5.41, 5.74) is 1.61. The number of aromatic nitrogens is 2. The maximum atomic E-state index is 5.49. The smallest absolute Gasteiger partial charge is 0.221 e. The zero-order valence-corrected chi connectivity index (χ0v) is 11.2. The second-order valence-electron chi connectivity index (χ2n) is 5.58. The molecule has 0 amide bonds. The molecule has 1 aromatic rings. The van der Waals surface area contributed by atoms with Crippen LogP contribution in [0.25, 0.3) is 0 Å². The molecule has 0 saturated heterocycles. The van der Waals surface area contributed by atoms with E-state index in [4.69, 9.17) is 4.74 Å². The minimum Gasteiger partial charge on any atom is -0.478 e. The lowest BCUT2D eigenvalue weighted by Crippen LogP contribution is -2.18. The van der Waals surface area contributed by atoms with Crippen molar-refractivity contribution in [1.82, 2.24) is 9.97 Å². The lowest BCUT2D eigenvalue weighted by molar-refractivity contribution is 0.323. The van der Waals surface area contributed by atoms with Gasteiger partial charge in [0, 0.05) is 6.54 Å². The lowest BCUT2D eigenvalue weighted by atomic mass is 10.0. The largest absolute Gasteiger partial charge is 0.478 e. The second-order valence-corrected chi connectivity index (χ2v) is 5.58. The summed E-state index contributed by atoms with van der Waals surface area (Å²) in [6.45, 7) is 5.69. The number of anilines is 1. The fourth-order valence-electron chi connectivity index (χ4n) is 2.74. The summed E-state index contributed by atoms with van der Waals surface area (Å²) in [6.07, 6.45) is 7.19. The topological polar surface area (TPSA) is 47.0 Å². The molecule has 0 aromatic carbocycles. The molecule has 0 atom stereocenters. The fraction of sp³-hybridized carbons (Fsp3) is 0.714. The molecule has 2 aliphatic rings. The minimum atomic E-state index is 0.586. The minimum absolute atomic E-state index is 0.586. The van der Waals surface area contributed by atoms with Crippen molar-refractivity contribution in [3.63, 3.8) is 0 Å². The molecule has 1 heterocycles. The number of hydrogen-bond acceptors (Lipinski definition) is 4. The van der Waals surface area contributed by atoms with E-state index in [0.29, 0.717) is 17.9 Å². The number of nitrogens with zero attached hydrogens (tertiary/aromatic N) is 2. The Labute approximate surface area is 108 Å². The first-order valence-corrected chi connectivity index (χ1v) is 6.93. The van der Waals surface area contributed by atoms with Crippen molar-refractivity contribution in [3.05, 3.63) is 11.9 Å². The van der Waals surface area contributed by atoms with E-state index in [9.17, 15) is 0 Å². The van der Waals surface area contributed by atoms with Gasteiger partial charge in [-0.15, -0.1) is 0 Å². The van der Waals surface area contributed by atoms with Crippen LogP contribution in [0.15, 0.2) is 6.33 Å². The van der Waals surface area contributed by atoms with Gasteiger partial charge in [-0.05, 0) is 50.9 Å². The Balaban J connectivity index is 1.67. The lowest BCUT2D eigenvalue weighted by Gasteiger charge is -2.17. The Morgan fingerprint density at radius 3 is 2.78 bits per heavy atom. The normalized spacial score (nSPS) is 20.6. The number of nitrogens with one attached hydrogen (secondary N) is 1. The van der Waals surface area contributed by atoms with Crippen molar-refractivity contribution < 1.29 is 4.74 Å². The maximum Gasteiger partial charge on any atom is 0.221 e. The molecular weight excluding hydrogens is 226 g/mol. The third-order valence-electron chi connectivity index (χ3n) is 4.26. The standard InChI is InChI=1S/C14H21N3O/c1-3-18-13-10(2)12(16-9-17-13)15-8-14(6-7-14)11-4-5-11/h9,11H,3-8H2,1-2H3,(H,15,16,17). The third-order valence-corrected chi connectivity index (χ3v) is 4.26. The molecular formula is C14H21N3O. The Morgan fingerprint density at radius 1 is 1.39 bits per heavy atom. The van der Waals surface area contributed by atoms with Gasteiger partial charge >= 0.3 is 0 Å². The Kier molecular flexibility index (Phi) is 2.88. The van der Waals surface area contributed by atoms with E-state index < -0.39 is 0 Å². The van der Waals surface area contributed by atoms with Crippen LogP contribution in [0.1, 0.15) is 38.2 Å². The monoisotopic (exact) mass is 247 g/mol. The van der Waals surface area contributed by atoms with E-state index >= 15 is 0 Å². The zero-order chi connectivity index (χ0) is 12.6. The third kappa shape index (κ3) is 2.16. The second kappa shape index (κ2) is 4.41. The molecule has 18 heavy (non-hydrogen) atoms. The maximum absolute atomic E-state index is 5.49. The number of hydrogen-bond donors (Lipinski definition) is 1. The van der Waals surface area contributed by atoms with Crippen molar-refractivity contribution in [2.24, 2.45) is 11.3 Å². The molecule has 0 spiro atoms. The van der Waals surface area contributed by atoms with E-state index in [1.807, 2.05) is 13.8 Å². The SMILES string of the molecule is CCOc1ncnc(NCC2(C3CC3)CC2)c1C. The van der Waals surface area contributed by atoms with Gasteiger partial charge in [-0.1, -0.05) is 0 Å². The Hall–Kier alpha value is -1.32. The van der Waals surface area contributed by atoms with Crippen LogP contribution in [0.4, 0.5) is 5.82 Å². The quantitative estimate of drug-likeness (QED) is 0.839. The molecule has 0 unspecified atom stereocenters. The van der Waals surface area contributed by atoms with Gasteiger partial charge in [-0.3, -0.25) is 0 Å². The summed E-state index contributed by atoms with van der Waals surface area (Å²) in [4.78, 5) is 8.49. The van der Waals surface area contributed by atoms with Crippen molar-refractivity contribution in [2.75, 3.05) is 18.5 Å². The summed E-state index contributed by atoms with van der Waals surface area (Å²) in [5.74, 6) is 2.60. The first kappa shape index (κ1) is 11.8. The molecule has 0 bridgehead atoms. The van der Waals surface area contributed by atoms with Crippen LogP contribution in [-0.4, -0.2) is 23.1 Å². The molecule has 1 N–H and O–H groups in total. The number of ether oxygens (including phenoxy) is 1. The van der Waals surface area contributed by atoms with Gasteiger partial charge in [0.1, 0.15) is 12.1 Å². The molecule has 4 heteroatoms. The van der Waals surface area contributed by atoms with Gasteiger partial charge in [0.2, 0.25) is 5.88 Å². The highest BCUT2D eigenvalue weighted by Gasteiger charge is 2.53. The Bertz CT molecular complexity index is 439. The summed E-state index contributed by atoms with van der Waals surface area (Å²) in [6, 6.07) is 0. The predicted molar refractivity (Wildman–Crippen MR) is 70.8 cm³/mol. The molecule has 2 aliphatic carbocycles. The van der Waals surface area contributed by atoms with Gasteiger partial charge in [0.05, 0.1) is 12.2 Å². The average molecular weight is 247 g/mol. The predicted octanol–water partition coefficient (Wildman–Crippen LogP) is 2.79. The van der Waals surface area contributed by atoms with Crippen molar-refractivity contribution >= 4 is 5.82 Å². The summed E-state index contributed by atoms with van der Waals surface area (Å²) < 4.78 is 5.49. The van der Waals surface area contributed by atoms with Crippen LogP contribution in [-0.2, 0) is 0 Å². The van der Waals surface area contributed by atoms with Crippen LogP contribution in [0, 0.1) is 18.3 Å². The highest BCUT2D eigenvalue weighted by Crippen LogP contribution is 2.61. The van der Waals surface area contributed by atoms with E-state index in [1.54, 1.807) is 6.33 Å². The fourth-order valence-corrected chi connectivity index (χ4v) is 2.74. The zero-order valence-electron chi connectivity index (χ0n) is 11.2. The summed E-state index contributed by atoms with van der Waals surface area (Å²) >= 11 is 0. The average Bonchev–Trinajstić information content (AvgIpc) is 3.24. The van der Waals surface area contributed by atoms with Crippen LogP contribution in [0.3, 0.4) is 0 Å². The molecule has 0 aliphatic heterocycles. The molecule has 4 nitrogen and oxygen atoms in total. The Morgan fingerprint density at radius 2 is 2.17 bits per heavy atom. The van der Waals surface area contributed by atoms with E-state index in [2.05, 4.69) is 15.3 Å². The van der Waals surface area contributed by atoms with Gasteiger partial charge in [0.15, 0.2) is 0 Å². The molecule has 0 radical (unpaired) electrons. The first-order valence-electron chi connectivity index (χ1n) is 6.93. The van der Waals surface area contributed by atoms with Crippen LogP contribution in [0.5, 0.6) is 5.88 Å². The van der Waals surface area contributed by atoms with Gasteiger partial charge in [0.25, 0.3) is 0 Å². The molecule has 3 rings (SSSR count). The van der Waals surface area contributed by atoms with Crippen LogP contribution in [0.2, 0.25) is 0 Å². The van der Waals surface area contributed by atoms with Gasteiger partial charge < -0.3 is 10.1 Å². The molecule has 2 fully saturated rings. The van der Waals surface area contributed by atoms with E-state index in [1.165, 1.54) is 25.7 Å².